The van der Waals surface area contributed by atoms with E-state index in [4.69, 9.17) is 4.74 Å². The molecule has 6 nitrogen and oxygen atoms in total. The highest BCUT2D eigenvalue weighted by molar-refractivity contribution is 7.89. The number of benzene rings is 1. The van der Waals surface area contributed by atoms with Gasteiger partial charge in [0, 0.05) is 13.1 Å². The first kappa shape index (κ1) is 17.7. The molecule has 0 bridgehead atoms. The van der Waals surface area contributed by atoms with Crippen molar-refractivity contribution in [1.29, 1.82) is 0 Å². The van der Waals surface area contributed by atoms with E-state index in [2.05, 4.69) is 4.74 Å². The van der Waals surface area contributed by atoms with Gasteiger partial charge < -0.3 is 9.47 Å². The number of piperidine rings is 1. The smallest absolute Gasteiger partial charge is 0.337 e. The van der Waals surface area contributed by atoms with Gasteiger partial charge in [0.05, 0.1) is 19.8 Å². The number of carbonyl (C=O) groups excluding carboxylic acids is 1. The van der Waals surface area contributed by atoms with Gasteiger partial charge in [-0.3, -0.25) is 0 Å². The van der Waals surface area contributed by atoms with Crippen molar-refractivity contribution in [2.75, 3.05) is 27.3 Å². The quantitative estimate of drug-likeness (QED) is 0.785. The fraction of sp³-hybridized carbons (Fsp3) is 0.562. The molecule has 1 fully saturated rings. The van der Waals surface area contributed by atoms with E-state index in [0.29, 0.717) is 24.9 Å². The lowest BCUT2D eigenvalue weighted by Gasteiger charge is -2.34. The van der Waals surface area contributed by atoms with Gasteiger partial charge in [-0.1, -0.05) is 13.8 Å². The minimum atomic E-state index is -3.73. The molecule has 0 saturated carbocycles. The molecule has 23 heavy (non-hydrogen) atoms. The van der Waals surface area contributed by atoms with Gasteiger partial charge in [-0.05, 0) is 36.5 Å². The molecule has 1 aromatic carbocycles. The number of rotatable bonds is 4. The van der Waals surface area contributed by atoms with Crippen molar-refractivity contribution in [3.63, 3.8) is 0 Å². The van der Waals surface area contributed by atoms with Crippen LogP contribution in [0.2, 0.25) is 0 Å². The van der Waals surface area contributed by atoms with Crippen LogP contribution in [0.5, 0.6) is 5.75 Å². The highest BCUT2D eigenvalue weighted by atomic mass is 32.2. The summed E-state index contributed by atoms with van der Waals surface area (Å²) in [4.78, 5) is 11.7. The second-order valence-electron chi connectivity index (χ2n) is 6.13. The molecule has 7 heteroatoms. The summed E-state index contributed by atoms with van der Waals surface area (Å²) in [5.74, 6) is 0.236. The van der Waals surface area contributed by atoms with Crippen LogP contribution in [-0.4, -0.2) is 46.0 Å². The van der Waals surface area contributed by atoms with Gasteiger partial charge in [0.25, 0.3) is 0 Å². The van der Waals surface area contributed by atoms with Crippen LogP contribution < -0.4 is 4.74 Å². The Kier molecular flexibility index (Phi) is 5.31. The lowest BCUT2D eigenvalue weighted by molar-refractivity contribution is 0.0600. The first-order valence-corrected chi connectivity index (χ1v) is 9.00. The number of nitrogens with zero attached hydrogens (tertiary/aromatic N) is 1. The van der Waals surface area contributed by atoms with Crippen LogP contribution in [0.15, 0.2) is 23.1 Å². The predicted molar refractivity (Wildman–Crippen MR) is 86.0 cm³/mol. The third-order valence-electron chi connectivity index (χ3n) is 4.04. The number of methoxy groups -OCH3 is 2. The average molecular weight is 341 g/mol. The molecule has 1 heterocycles. The number of carbonyl (C=O) groups is 1. The Hall–Kier alpha value is -1.60. The molecule has 128 valence electrons. The maximum Gasteiger partial charge on any atom is 0.337 e. The molecular weight excluding hydrogens is 318 g/mol. The predicted octanol–water partition coefficient (Wildman–Crippen LogP) is 2.15. The van der Waals surface area contributed by atoms with Gasteiger partial charge in [-0.25, -0.2) is 13.2 Å². The molecule has 0 radical (unpaired) electrons. The molecule has 2 unspecified atom stereocenters. The molecule has 2 atom stereocenters. The van der Waals surface area contributed by atoms with Crippen molar-refractivity contribution in [3.8, 4) is 5.75 Å². The van der Waals surface area contributed by atoms with Crippen LogP contribution >= 0.6 is 0 Å². The Morgan fingerprint density at radius 1 is 1.17 bits per heavy atom. The zero-order valence-electron chi connectivity index (χ0n) is 13.9. The van der Waals surface area contributed by atoms with E-state index in [0.717, 1.165) is 6.42 Å². The average Bonchev–Trinajstić information content (AvgIpc) is 2.52. The molecule has 0 aliphatic carbocycles. The van der Waals surface area contributed by atoms with Crippen LogP contribution in [0.25, 0.3) is 0 Å². The Labute approximate surface area is 137 Å². The van der Waals surface area contributed by atoms with E-state index in [1.807, 2.05) is 13.8 Å². The highest BCUT2D eigenvalue weighted by Crippen LogP contribution is 2.32. The second kappa shape index (κ2) is 6.88. The number of esters is 1. The fourth-order valence-corrected chi connectivity index (χ4v) is 4.93. The summed E-state index contributed by atoms with van der Waals surface area (Å²) in [7, 11) is -1.07. The van der Waals surface area contributed by atoms with Gasteiger partial charge in [0.15, 0.2) is 0 Å². The highest BCUT2D eigenvalue weighted by Gasteiger charge is 2.34. The number of ether oxygens (including phenoxy) is 2. The number of hydrogen-bond donors (Lipinski definition) is 0. The van der Waals surface area contributed by atoms with E-state index in [9.17, 15) is 13.2 Å². The van der Waals surface area contributed by atoms with Gasteiger partial charge in [0.2, 0.25) is 10.0 Å². The van der Waals surface area contributed by atoms with Crippen LogP contribution in [-0.2, 0) is 14.8 Å². The first-order valence-electron chi connectivity index (χ1n) is 7.56. The van der Waals surface area contributed by atoms with Gasteiger partial charge in [0.1, 0.15) is 10.6 Å². The van der Waals surface area contributed by atoms with Gasteiger partial charge >= 0.3 is 5.97 Å². The third-order valence-corrected chi connectivity index (χ3v) is 5.89. The Bertz CT molecular complexity index is 676. The summed E-state index contributed by atoms with van der Waals surface area (Å²) in [5.41, 5.74) is 0.185. The molecule has 1 aliphatic rings. The van der Waals surface area contributed by atoms with Crippen LogP contribution in [0.3, 0.4) is 0 Å². The van der Waals surface area contributed by atoms with Crippen LogP contribution in [0.4, 0.5) is 0 Å². The van der Waals surface area contributed by atoms with Gasteiger partial charge in [-0.2, -0.15) is 4.31 Å². The number of hydrogen-bond acceptors (Lipinski definition) is 5. The summed E-state index contributed by atoms with van der Waals surface area (Å²) >= 11 is 0. The fourth-order valence-electron chi connectivity index (χ4n) is 3.06. The monoisotopic (exact) mass is 341 g/mol. The minimum Gasteiger partial charge on any atom is -0.495 e. The molecular formula is C16H23NO5S. The van der Waals surface area contributed by atoms with E-state index in [-0.39, 0.29) is 16.2 Å². The van der Waals surface area contributed by atoms with Crippen molar-refractivity contribution in [1.82, 2.24) is 4.31 Å². The zero-order chi connectivity index (χ0) is 17.2. The normalized spacial score (nSPS) is 22.6. The lowest BCUT2D eigenvalue weighted by Crippen LogP contribution is -2.42. The van der Waals surface area contributed by atoms with E-state index >= 15 is 0 Å². The van der Waals surface area contributed by atoms with Crippen molar-refractivity contribution in [3.05, 3.63) is 23.8 Å². The molecule has 0 aromatic heterocycles. The van der Waals surface area contributed by atoms with Crippen molar-refractivity contribution < 1.29 is 22.7 Å². The molecule has 1 aliphatic heterocycles. The summed E-state index contributed by atoms with van der Waals surface area (Å²) in [6.45, 7) is 5.02. The SMILES string of the molecule is COC(=O)c1ccc(OC)c(S(=O)(=O)N2CC(C)CC(C)C2)c1. The largest absolute Gasteiger partial charge is 0.495 e. The van der Waals surface area contributed by atoms with Crippen molar-refractivity contribution in [2.24, 2.45) is 11.8 Å². The summed E-state index contributed by atoms with van der Waals surface area (Å²) < 4.78 is 37.4. The molecule has 0 spiro atoms. The second-order valence-corrected chi connectivity index (χ2v) is 8.03. The van der Waals surface area contributed by atoms with Crippen molar-refractivity contribution in [2.45, 2.75) is 25.2 Å². The maximum atomic E-state index is 13.0. The third kappa shape index (κ3) is 3.67. The zero-order valence-corrected chi connectivity index (χ0v) is 14.7. The van der Waals surface area contributed by atoms with Crippen molar-refractivity contribution >= 4 is 16.0 Å². The molecule has 0 N–H and O–H groups in total. The Morgan fingerprint density at radius 3 is 2.30 bits per heavy atom. The summed E-state index contributed by atoms with van der Waals surface area (Å²) in [6, 6.07) is 4.30. The van der Waals surface area contributed by atoms with E-state index < -0.39 is 16.0 Å². The molecule has 0 amide bonds. The Balaban J connectivity index is 2.47. The topological polar surface area (TPSA) is 72.9 Å². The van der Waals surface area contributed by atoms with E-state index in [1.54, 1.807) is 0 Å². The minimum absolute atomic E-state index is 0.00389. The van der Waals surface area contributed by atoms with Crippen LogP contribution in [0.1, 0.15) is 30.6 Å². The summed E-state index contributed by atoms with van der Waals surface area (Å²) in [6.07, 6.45) is 1.01. The standard InChI is InChI=1S/C16H23NO5S/c1-11-7-12(2)10-17(9-11)23(19,20)15-8-13(16(18)22-4)5-6-14(15)21-3/h5-6,8,11-12H,7,9-10H2,1-4H3. The molecule has 2 rings (SSSR count). The maximum absolute atomic E-state index is 13.0. The molecule has 1 saturated heterocycles. The lowest BCUT2D eigenvalue weighted by atomic mass is 9.94. The molecule has 1 aromatic rings. The van der Waals surface area contributed by atoms with E-state index in [1.165, 1.54) is 36.7 Å². The number of sulfonamides is 1. The van der Waals surface area contributed by atoms with Gasteiger partial charge in [-0.15, -0.1) is 0 Å². The summed E-state index contributed by atoms with van der Waals surface area (Å²) in [5, 5.41) is 0. The Morgan fingerprint density at radius 2 is 1.78 bits per heavy atom. The first-order chi connectivity index (χ1) is 10.8. The van der Waals surface area contributed by atoms with Crippen LogP contribution in [0, 0.1) is 11.8 Å².